The highest BCUT2D eigenvalue weighted by Crippen LogP contribution is 2.36. The maximum absolute atomic E-state index is 12.6. The summed E-state index contributed by atoms with van der Waals surface area (Å²) < 4.78 is 10.8. The quantitative estimate of drug-likeness (QED) is 0.764. The summed E-state index contributed by atoms with van der Waals surface area (Å²) in [5, 5.41) is 13.2. The topological polar surface area (TPSA) is 88.1 Å². The Bertz CT molecular complexity index is 452. The fourth-order valence-corrected chi connectivity index (χ4v) is 3.18. The number of aliphatic hydroxyl groups excluding tert-OH is 1. The summed E-state index contributed by atoms with van der Waals surface area (Å²) in [7, 11) is 0. The maximum Gasteiger partial charge on any atom is 0.420 e. The molecule has 2 fully saturated rings. The summed E-state index contributed by atoms with van der Waals surface area (Å²) in [5.41, 5.74) is -1.44. The van der Waals surface area contributed by atoms with E-state index in [1.807, 2.05) is 0 Å². The van der Waals surface area contributed by atoms with Crippen molar-refractivity contribution in [3.05, 3.63) is 0 Å². The Morgan fingerprint density at radius 3 is 1.83 bits per heavy atom. The number of hydrogen-bond acceptors (Lipinski definition) is 6. The van der Waals surface area contributed by atoms with Gasteiger partial charge in [-0.15, -0.1) is 0 Å². The Morgan fingerprint density at radius 2 is 1.52 bits per heavy atom. The van der Waals surface area contributed by atoms with E-state index in [4.69, 9.17) is 9.47 Å². The van der Waals surface area contributed by atoms with Gasteiger partial charge < -0.3 is 19.9 Å². The van der Waals surface area contributed by atoms with Crippen molar-refractivity contribution >= 4 is 12.2 Å². The number of ether oxygens (including phenoxy) is 2. The fraction of sp³-hybridized carbons (Fsp3) is 0.875. The molecule has 1 saturated heterocycles. The molecule has 132 valence electrons. The standard InChI is InChI=1S/C16H28N2O5/c1-15(2,3)22-13(20)18(14(21)23-16(4,5)6)12-9-7-10(19)11(12)17-8-9/h9-12,17,19H,7-8H2,1-6H3/t9-,10+,11-,12-/m1/s1. The van der Waals surface area contributed by atoms with Crippen molar-refractivity contribution in [3.8, 4) is 0 Å². The van der Waals surface area contributed by atoms with E-state index in [9.17, 15) is 14.7 Å². The second-order valence-electron chi connectivity index (χ2n) is 8.32. The smallest absolute Gasteiger partial charge is 0.420 e. The minimum absolute atomic E-state index is 0.00929. The van der Waals surface area contributed by atoms with Crippen LogP contribution in [0.2, 0.25) is 0 Å². The molecular weight excluding hydrogens is 300 g/mol. The van der Waals surface area contributed by atoms with Gasteiger partial charge in [-0.3, -0.25) is 0 Å². The zero-order valence-corrected chi connectivity index (χ0v) is 14.8. The van der Waals surface area contributed by atoms with Gasteiger partial charge in [-0.25, -0.2) is 14.5 Å². The molecule has 23 heavy (non-hydrogen) atoms. The van der Waals surface area contributed by atoms with E-state index in [0.29, 0.717) is 13.0 Å². The first-order valence-electron chi connectivity index (χ1n) is 8.06. The molecule has 1 aliphatic heterocycles. The van der Waals surface area contributed by atoms with Crippen LogP contribution in [0.25, 0.3) is 0 Å². The van der Waals surface area contributed by atoms with E-state index in [1.165, 1.54) is 0 Å². The van der Waals surface area contributed by atoms with E-state index in [-0.39, 0.29) is 12.0 Å². The highest BCUT2D eigenvalue weighted by molar-refractivity contribution is 5.89. The summed E-state index contributed by atoms with van der Waals surface area (Å²) in [6, 6.07) is -0.783. The van der Waals surface area contributed by atoms with Crippen molar-refractivity contribution < 1.29 is 24.2 Å². The average Bonchev–Trinajstić information content (AvgIpc) is 2.81. The first kappa shape index (κ1) is 18.0. The van der Waals surface area contributed by atoms with Crippen LogP contribution in [0.1, 0.15) is 48.0 Å². The van der Waals surface area contributed by atoms with E-state index in [2.05, 4.69) is 5.32 Å². The normalized spacial score (nSPS) is 30.2. The second kappa shape index (κ2) is 5.94. The van der Waals surface area contributed by atoms with Gasteiger partial charge in [0.2, 0.25) is 0 Å². The van der Waals surface area contributed by atoms with Crippen LogP contribution in [0.3, 0.4) is 0 Å². The molecule has 0 aromatic carbocycles. The van der Waals surface area contributed by atoms with E-state index < -0.39 is 35.5 Å². The number of piperidine rings is 1. The van der Waals surface area contributed by atoms with Gasteiger partial charge >= 0.3 is 12.2 Å². The summed E-state index contributed by atoms with van der Waals surface area (Å²) in [6.07, 6.45) is -1.48. The maximum atomic E-state index is 12.6. The molecule has 1 saturated carbocycles. The molecule has 0 unspecified atom stereocenters. The van der Waals surface area contributed by atoms with E-state index in [0.717, 1.165) is 4.90 Å². The Balaban J connectivity index is 2.25. The van der Waals surface area contributed by atoms with Crippen LogP contribution >= 0.6 is 0 Å². The van der Waals surface area contributed by atoms with Gasteiger partial charge in [-0.1, -0.05) is 0 Å². The molecule has 2 bridgehead atoms. The third-order valence-electron chi connectivity index (χ3n) is 3.90. The van der Waals surface area contributed by atoms with Crippen molar-refractivity contribution in [2.75, 3.05) is 6.54 Å². The molecule has 7 nitrogen and oxygen atoms in total. The third kappa shape index (κ3) is 4.14. The minimum atomic E-state index is -0.732. The highest BCUT2D eigenvalue weighted by atomic mass is 16.6. The zero-order valence-electron chi connectivity index (χ0n) is 14.8. The van der Waals surface area contributed by atoms with Gasteiger partial charge in [0.25, 0.3) is 0 Å². The molecule has 2 N–H and O–H groups in total. The second-order valence-corrected chi connectivity index (χ2v) is 8.32. The molecule has 1 heterocycles. The highest BCUT2D eigenvalue weighted by Gasteiger charge is 2.54. The van der Waals surface area contributed by atoms with Gasteiger partial charge in [0.1, 0.15) is 11.2 Å². The average molecular weight is 328 g/mol. The predicted molar refractivity (Wildman–Crippen MR) is 84.0 cm³/mol. The summed E-state index contributed by atoms with van der Waals surface area (Å²) in [6.45, 7) is 11.1. The number of carbonyl (C=O) groups excluding carboxylic acids is 2. The van der Waals surface area contributed by atoms with Crippen molar-refractivity contribution in [1.82, 2.24) is 10.2 Å². The molecule has 1 aliphatic carbocycles. The van der Waals surface area contributed by atoms with Gasteiger partial charge in [-0.05, 0) is 53.9 Å². The first-order valence-corrected chi connectivity index (χ1v) is 8.06. The largest absolute Gasteiger partial charge is 0.443 e. The number of aliphatic hydroxyl groups is 1. The summed E-state index contributed by atoms with van der Waals surface area (Å²) in [5.74, 6) is 0.00929. The number of carbonyl (C=O) groups is 2. The van der Waals surface area contributed by atoms with Crippen molar-refractivity contribution in [2.45, 2.75) is 77.4 Å². The van der Waals surface area contributed by atoms with Crippen LogP contribution in [-0.2, 0) is 9.47 Å². The van der Waals surface area contributed by atoms with E-state index in [1.54, 1.807) is 41.5 Å². The lowest BCUT2D eigenvalue weighted by Gasteiger charge is -2.33. The number of imide groups is 1. The van der Waals surface area contributed by atoms with Crippen LogP contribution in [0.15, 0.2) is 0 Å². The number of rotatable bonds is 1. The molecule has 2 amide bonds. The van der Waals surface area contributed by atoms with Gasteiger partial charge in [0.05, 0.1) is 18.2 Å². The van der Waals surface area contributed by atoms with Crippen LogP contribution in [0, 0.1) is 5.92 Å². The zero-order chi connectivity index (χ0) is 17.6. The Kier molecular flexibility index (Phi) is 4.65. The fourth-order valence-electron chi connectivity index (χ4n) is 3.18. The molecule has 0 spiro atoms. The molecule has 7 heteroatoms. The molecule has 0 aromatic heterocycles. The monoisotopic (exact) mass is 328 g/mol. The number of amides is 2. The van der Waals surface area contributed by atoms with Crippen molar-refractivity contribution in [3.63, 3.8) is 0 Å². The summed E-state index contributed by atoms with van der Waals surface area (Å²) >= 11 is 0. The molecule has 4 atom stereocenters. The number of nitrogens with one attached hydrogen (secondary N) is 1. The molecule has 0 aromatic rings. The molecular formula is C16H28N2O5. The van der Waals surface area contributed by atoms with Crippen molar-refractivity contribution in [2.24, 2.45) is 5.92 Å². The van der Waals surface area contributed by atoms with Crippen molar-refractivity contribution in [1.29, 1.82) is 0 Å². The third-order valence-corrected chi connectivity index (χ3v) is 3.90. The van der Waals surface area contributed by atoms with E-state index >= 15 is 0 Å². The Morgan fingerprint density at radius 1 is 1.04 bits per heavy atom. The Hall–Kier alpha value is -1.34. The van der Waals surface area contributed by atoms with Crippen LogP contribution in [0.4, 0.5) is 9.59 Å². The van der Waals surface area contributed by atoms with Gasteiger partial charge in [-0.2, -0.15) is 0 Å². The van der Waals surface area contributed by atoms with Crippen LogP contribution in [0.5, 0.6) is 0 Å². The number of fused-ring (bicyclic) bond motifs is 2. The van der Waals surface area contributed by atoms with Gasteiger partial charge in [0, 0.05) is 6.54 Å². The lowest BCUT2D eigenvalue weighted by Crippen LogP contribution is -2.54. The molecule has 2 aliphatic rings. The Labute approximate surface area is 137 Å². The summed E-state index contributed by atoms with van der Waals surface area (Å²) in [4.78, 5) is 26.2. The predicted octanol–water partition coefficient (Wildman–Crippen LogP) is 1.88. The van der Waals surface area contributed by atoms with Gasteiger partial charge in [0.15, 0.2) is 0 Å². The first-order chi connectivity index (χ1) is 10.4. The minimum Gasteiger partial charge on any atom is -0.443 e. The molecule has 0 radical (unpaired) electrons. The lowest BCUT2D eigenvalue weighted by atomic mass is 10.1. The number of hydrogen-bond donors (Lipinski definition) is 2. The number of nitrogens with zero attached hydrogens (tertiary/aromatic N) is 1. The van der Waals surface area contributed by atoms with Crippen LogP contribution in [-0.4, -0.2) is 58.1 Å². The molecule has 2 rings (SSSR count). The lowest BCUT2D eigenvalue weighted by molar-refractivity contribution is -0.0105. The SMILES string of the molecule is CC(C)(C)OC(=O)N(C(=O)OC(C)(C)C)[C@@H]1[C@H]2CN[C@@H]1[C@@H](O)C2. The van der Waals surface area contributed by atoms with Crippen LogP contribution < -0.4 is 5.32 Å².